The van der Waals surface area contributed by atoms with Gasteiger partial charge in [0, 0.05) is 25.0 Å². The Hall–Kier alpha value is -0.870. The van der Waals surface area contributed by atoms with Gasteiger partial charge in [0.2, 0.25) is 0 Å². The maximum absolute atomic E-state index is 5.55. The highest BCUT2D eigenvalue weighted by molar-refractivity contribution is 4.99. The molecule has 2 N–H and O–H groups in total. The minimum absolute atomic E-state index is 0.487. The van der Waals surface area contributed by atoms with Crippen molar-refractivity contribution in [3.8, 4) is 0 Å². The molecule has 4 heteroatoms. The second-order valence-corrected chi connectivity index (χ2v) is 4.09. The van der Waals surface area contributed by atoms with Crippen molar-refractivity contribution >= 4 is 0 Å². The summed E-state index contributed by atoms with van der Waals surface area (Å²) in [5.74, 6) is 0.978. The first-order valence-electron chi connectivity index (χ1n) is 5.67. The monoisotopic (exact) mass is 209 g/mol. The van der Waals surface area contributed by atoms with Gasteiger partial charge in [-0.2, -0.15) is 0 Å². The molecule has 0 saturated carbocycles. The average molecular weight is 209 g/mol. The molecule has 1 unspecified atom stereocenters. The van der Waals surface area contributed by atoms with Crippen molar-refractivity contribution in [3.63, 3.8) is 0 Å². The highest BCUT2D eigenvalue weighted by Gasteiger charge is 2.14. The molecule has 1 saturated heterocycles. The van der Waals surface area contributed by atoms with E-state index in [-0.39, 0.29) is 0 Å². The first kappa shape index (κ1) is 10.6. The summed E-state index contributed by atoms with van der Waals surface area (Å²) in [4.78, 5) is 7.35. The van der Waals surface area contributed by atoms with Crippen LogP contribution in [0.1, 0.15) is 30.8 Å². The number of ether oxygens (including phenoxy) is 1. The molecule has 0 aromatic carbocycles. The minimum Gasteiger partial charge on any atom is -0.378 e. The molecule has 1 aliphatic rings. The summed E-state index contributed by atoms with van der Waals surface area (Å²) < 4.78 is 5.55. The van der Waals surface area contributed by atoms with Crippen LogP contribution in [0.5, 0.6) is 0 Å². The predicted octanol–water partition coefficient (Wildman–Crippen LogP) is 1.38. The van der Waals surface area contributed by atoms with Crippen LogP contribution >= 0.6 is 0 Å². The fraction of sp³-hybridized carbons (Fsp3) is 0.727. The number of aryl methyl sites for hydroxylation is 1. The Labute approximate surface area is 90.4 Å². The van der Waals surface area contributed by atoms with Gasteiger partial charge in [0.05, 0.1) is 6.10 Å². The second kappa shape index (κ2) is 5.28. The number of hydrogen-bond donors (Lipinski definition) is 2. The lowest BCUT2D eigenvalue weighted by Gasteiger charge is -2.09. The summed E-state index contributed by atoms with van der Waals surface area (Å²) in [6, 6.07) is 0. The van der Waals surface area contributed by atoms with Crippen molar-refractivity contribution in [3.05, 3.63) is 17.7 Å². The van der Waals surface area contributed by atoms with Gasteiger partial charge in [-0.3, -0.25) is 0 Å². The van der Waals surface area contributed by atoms with Crippen LogP contribution in [0.3, 0.4) is 0 Å². The lowest BCUT2D eigenvalue weighted by atomic mass is 10.2. The summed E-state index contributed by atoms with van der Waals surface area (Å²) in [6.45, 7) is 4.80. The minimum atomic E-state index is 0.487. The van der Waals surface area contributed by atoms with Crippen molar-refractivity contribution in [2.24, 2.45) is 0 Å². The Morgan fingerprint density at radius 2 is 2.60 bits per heavy atom. The Morgan fingerprint density at radius 1 is 1.67 bits per heavy atom. The van der Waals surface area contributed by atoms with E-state index in [4.69, 9.17) is 4.74 Å². The average Bonchev–Trinajstić information content (AvgIpc) is 2.84. The molecule has 1 aromatic rings. The normalized spacial score (nSPS) is 21.0. The second-order valence-electron chi connectivity index (χ2n) is 4.09. The molecule has 0 radical (unpaired) electrons. The molecule has 0 amide bonds. The van der Waals surface area contributed by atoms with Gasteiger partial charge in [0.15, 0.2) is 0 Å². The number of nitrogens with one attached hydrogen (secondary N) is 2. The zero-order chi connectivity index (χ0) is 10.5. The molecule has 2 heterocycles. The Balaban J connectivity index is 1.58. The molecule has 1 aliphatic heterocycles. The number of rotatable bonds is 5. The summed E-state index contributed by atoms with van der Waals surface area (Å²) >= 11 is 0. The zero-order valence-electron chi connectivity index (χ0n) is 9.25. The maximum atomic E-state index is 5.55. The predicted molar refractivity (Wildman–Crippen MR) is 58.6 cm³/mol. The van der Waals surface area contributed by atoms with E-state index in [0.717, 1.165) is 37.6 Å². The molecular weight excluding hydrogens is 190 g/mol. The van der Waals surface area contributed by atoms with Gasteiger partial charge in [0.25, 0.3) is 0 Å². The van der Waals surface area contributed by atoms with E-state index >= 15 is 0 Å². The molecule has 0 spiro atoms. The molecular formula is C11H19N3O. The standard InChI is InChI=1S/C11H19N3O/c1-9-13-8-10(14-9)7-12-5-4-11-3-2-6-15-11/h8,11-12H,2-7H2,1H3,(H,13,14). The number of aromatic nitrogens is 2. The van der Waals surface area contributed by atoms with Gasteiger partial charge < -0.3 is 15.0 Å². The largest absolute Gasteiger partial charge is 0.378 e. The number of hydrogen-bond acceptors (Lipinski definition) is 3. The van der Waals surface area contributed by atoms with Crippen molar-refractivity contribution in [2.45, 2.75) is 38.8 Å². The third-order valence-corrected chi connectivity index (χ3v) is 2.74. The molecule has 84 valence electrons. The Bertz CT molecular complexity index is 292. The molecule has 4 nitrogen and oxygen atoms in total. The van der Waals surface area contributed by atoms with Crippen LogP contribution in [-0.2, 0) is 11.3 Å². The highest BCUT2D eigenvalue weighted by atomic mass is 16.5. The number of nitrogens with zero attached hydrogens (tertiary/aromatic N) is 1. The van der Waals surface area contributed by atoms with E-state index in [9.17, 15) is 0 Å². The summed E-state index contributed by atoms with van der Waals surface area (Å²) in [7, 11) is 0. The molecule has 1 aromatic heterocycles. The molecule has 2 rings (SSSR count). The van der Waals surface area contributed by atoms with E-state index in [0.29, 0.717) is 6.10 Å². The van der Waals surface area contributed by atoms with Gasteiger partial charge in [0.1, 0.15) is 5.82 Å². The lowest BCUT2D eigenvalue weighted by Crippen LogP contribution is -2.19. The van der Waals surface area contributed by atoms with Crippen molar-refractivity contribution in [2.75, 3.05) is 13.2 Å². The first-order valence-corrected chi connectivity index (χ1v) is 5.67. The fourth-order valence-corrected chi connectivity index (χ4v) is 1.92. The number of imidazole rings is 1. The Morgan fingerprint density at radius 3 is 3.27 bits per heavy atom. The van der Waals surface area contributed by atoms with Crippen LogP contribution in [0.4, 0.5) is 0 Å². The Kier molecular flexibility index (Phi) is 3.75. The van der Waals surface area contributed by atoms with Crippen LogP contribution in [0.15, 0.2) is 6.20 Å². The zero-order valence-corrected chi connectivity index (χ0v) is 9.25. The smallest absolute Gasteiger partial charge is 0.103 e. The third-order valence-electron chi connectivity index (χ3n) is 2.74. The molecule has 0 bridgehead atoms. The molecule has 1 fully saturated rings. The quantitative estimate of drug-likeness (QED) is 0.720. The van der Waals surface area contributed by atoms with Crippen LogP contribution in [-0.4, -0.2) is 29.2 Å². The van der Waals surface area contributed by atoms with Crippen molar-refractivity contribution in [1.29, 1.82) is 0 Å². The van der Waals surface area contributed by atoms with Crippen molar-refractivity contribution < 1.29 is 4.74 Å². The van der Waals surface area contributed by atoms with E-state index < -0.39 is 0 Å². The van der Waals surface area contributed by atoms with E-state index in [1.165, 1.54) is 12.8 Å². The van der Waals surface area contributed by atoms with Crippen LogP contribution < -0.4 is 5.32 Å². The number of aromatic amines is 1. The molecule has 1 atom stereocenters. The lowest BCUT2D eigenvalue weighted by molar-refractivity contribution is 0.104. The molecule has 15 heavy (non-hydrogen) atoms. The topological polar surface area (TPSA) is 49.9 Å². The number of H-pyrrole nitrogens is 1. The summed E-state index contributed by atoms with van der Waals surface area (Å²) in [5.41, 5.74) is 1.15. The summed E-state index contributed by atoms with van der Waals surface area (Å²) in [5, 5.41) is 3.39. The van der Waals surface area contributed by atoms with E-state index in [2.05, 4.69) is 15.3 Å². The maximum Gasteiger partial charge on any atom is 0.103 e. The van der Waals surface area contributed by atoms with Crippen LogP contribution in [0.25, 0.3) is 0 Å². The SMILES string of the molecule is Cc1ncc(CNCCC2CCCO2)[nH]1. The van der Waals surface area contributed by atoms with Gasteiger partial charge in [-0.05, 0) is 32.7 Å². The molecule has 0 aliphatic carbocycles. The third kappa shape index (κ3) is 3.32. The van der Waals surface area contributed by atoms with Crippen LogP contribution in [0.2, 0.25) is 0 Å². The van der Waals surface area contributed by atoms with Crippen molar-refractivity contribution in [1.82, 2.24) is 15.3 Å². The fourth-order valence-electron chi connectivity index (χ4n) is 1.92. The van der Waals surface area contributed by atoms with Gasteiger partial charge in [-0.15, -0.1) is 0 Å². The van der Waals surface area contributed by atoms with E-state index in [1.807, 2.05) is 13.1 Å². The van der Waals surface area contributed by atoms with Gasteiger partial charge in [-0.25, -0.2) is 4.98 Å². The van der Waals surface area contributed by atoms with Crippen LogP contribution in [0, 0.1) is 6.92 Å². The van der Waals surface area contributed by atoms with Gasteiger partial charge >= 0.3 is 0 Å². The van der Waals surface area contributed by atoms with Gasteiger partial charge in [-0.1, -0.05) is 0 Å². The highest BCUT2D eigenvalue weighted by Crippen LogP contribution is 2.14. The van der Waals surface area contributed by atoms with E-state index in [1.54, 1.807) is 0 Å². The first-order chi connectivity index (χ1) is 7.34. The summed E-state index contributed by atoms with van der Waals surface area (Å²) in [6.07, 6.45) is 5.94.